The van der Waals surface area contributed by atoms with Gasteiger partial charge in [-0.1, -0.05) is 12.1 Å². The molecule has 1 atom stereocenters. The maximum atomic E-state index is 11.3. The van der Waals surface area contributed by atoms with E-state index < -0.39 is 6.61 Å². The Morgan fingerprint density at radius 3 is 2.85 bits per heavy atom. The number of hydrogen-bond acceptors (Lipinski definition) is 4. The number of methoxy groups -OCH3 is 1. The lowest BCUT2D eigenvalue weighted by Crippen LogP contribution is -2.37. The Hall–Kier alpha value is -1.59. The van der Waals surface area contributed by atoms with E-state index in [0.29, 0.717) is 6.54 Å². The summed E-state index contributed by atoms with van der Waals surface area (Å²) in [5.41, 5.74) is 1.13. The van der Waals surface area contributed by atoms with Crippen LogP contribution in [0.4, 0.5) is 0 Å². The van der Waals surface area contributed by atoms with E-state index in [1.807, 2.05) is 18.2 Å². The standard InChI is InChI=1S/C15H22N2O3/c1-20-13-6-4-5-12(9-13)14(10-16-15(19)11-18)17-7-2-3-8-17/h4-6,9,14,18H,2-3,7-8,10-11H2,1H3,(H,16,19). The number of rotatable bonds is 6. The molecule has 110 valence electrons. The van der Waals surface area contributed by atoms with Crippen LogP contribution in [0, 0.1) is 0 Å². The molecule has 20 heavy (non-hydrogen) atoms. The molecule has 1 amide bonds. The highest BCUT2D eigenvalue weighted by atomic mass is 16.5. The summed E-state index contributed by atoms with van der Waals surface area (Å²) >= 11 is 0. The largest absolute Gasteiger partial charge is 0.497 e. The number of amides is 1. The number of nitrogens with one attached hydrogen (secondary N) is 1. The van der Waals surface area contributed by atoms with Crippen molar-refractivity contribution in [1.29, 1.82) is 0 Å². The quantitative estimate of drug-likeness (QED) is 0.813. The van der Waals surface area contributed by atoms with E-state index in [9.17, 15) is 4.79 Å². The van der Waals surface area contributed by atoms with E-state index in [1.54, 1.807) is 7.11 Å². The first kappa shape index (κ1) is 14.8. The number of hydrogen-bond donors (Lipinski definition) is 2. The topological polar surface area (TPSA) is 61.8 Å². The molecular weight excluding hydrogens is 256 g/mol. The SMILES string of the molecule is COc1cccc(C(CNC(=O)CO)N2CCCC2)c1. The molecule has 1 unspecified atom stereocenters. The van der Waals surface area contributed by atoms with E-state index in [-0.39, 0.29) is 11.9 Å². The molecule has 0 bridgehead atoms. The van der Waals surface area contributed by atoms with Gasteiger partial charge in [-0.2, -0.15) is 0 Å². The molecule has 2 N–H and O–H groups in total. The van der Waals surface area contributed by atoms with Crippen LogP contribution in [0.1, 0.15) is 24.4 Å². The second kappa shape index (κ2) is 7.26. The summed E-state index contributed by atoms with van der Waals surface area (Å²) in [6.07, 6.45) is 2.38. The average molecular weight is 278 g/mol. The van der Waals surface area contributed by atoms with Crippen molar-refractivity contribution in [3.8, 4) is 5.75 Å². The Kier molecular flexibility index (Phi) is 5.38. The van der Waals surface area contributed by atoms with Gasteiger partial charge in [-0.15, -0.1) is 0 Å². The van der Waals surface area contributed by atoms with E-state index in [2.05, 4.69) is 16.3 Å². The lowest BCUT2D eigenvalue weighted by molar-refractivity contribution is -0.124. The van der Waals surface area contributed by atoms with Crippen molar-refractivity contribution in [2.45, 2.75) is 18.9 Å². The second-order valence-electron chi connectivity index (χ2n) is 5.00. The van der Waals surface area contributed by atoms with Crippen LogP contribution in [0.2, 0.25) is 0 Å². The molecule has 5 nitrogen and oxygen atoms in total. The number of carbonyl (C=O) groups excluding carboxylic acids is 1. The molecule has 1 fully saturated rings. The Morgan fingerprint density at radius 2 is 2.20 bits per heavy atom. The summed E-state index contributed by atoms with van der Waals surface area (Å²) in [5, 5.41) is 11.6. The molecule has 2 rings (SSSR count). The van der Waals surface area contributed by atoms with Crippen LogP contribution < -0.4 is 10.1 Å². The molecule has 0 aromatic heterocycles. The predicted molar refractivity (Wildman–Crippen MR) is 76.6 cm³/mol. The highest BCUT2D eigenvalue weighted by Gasteiger charge is 2.24. The van der Waals surface area contributed by atoms with E-state index in [0.717, 1.165) is 24.4 Å². The summed E-state index contributed by atoms with van der Waals surface area (Å²) in [4.78, 5) is 13.6. The van der Waals surface area contributed by atoms with Gasteiger partial charge in [0, 0.05) is 6.54 Å². The fourth-order valence-electron chi connectivity index (χ4n) is 2.63. The highest BCUT2D eigenvalue weighted by molar-refractivity contribution is 5.76. The minimum Gasteiger partial charge on any atom is -0.497 e. The lowest BCUT2D eigenvalue weighted by Gasteiger charge is -2.28. The number of ether oxygens (including phenoxy) is 1. The van der Waals surface area contributed by atoms with Gasteiger partial charge in [0.05, 0.1) is 13.2 Å². The van der Waals surface area contributed by atoms with Gasteiger partial charge in [-0.05, 0) is 43.6 Å². The number of carbonyl (C=O) groups is 1. The summed E-state index contributed by atoms with van der Waals surface area (Å²) < 4.78 is 5.27. The van der Waals surface area contributed by atoms with E-state index >= 15 is 0 Å². The first-order chi connectivity index (χ1) is 9.74. The molecule has 0 spiro atoms. The number of likely N-dealkylation sites (tertiary alicyclic amines) is 1. The van der Waals surface area contributed by atoms with Gasteiger partial charge in [0.25, 0.3) is 0 Å². The molecule has 0 saturated carbocycles. The van der Waals surface area contributed by atoms with Crippen molar-refractivity contribution in [2.75, 3.05) is 33.4 Å². The van der Waals surface area contributed by atoms with Crippen molar-refractivity contribution in [3.63, 3.8) is 0 Å². The number of aliphatic hydroxyl groups is 1. The molecule has 1 saturated heterocycles. The molecule has 0 aliphatic carbocycles. The molecule has 1 heterocycles. The Bertz CT molecular complexity index is 444. The number of aliphatic hydroxyl groups excluding tert-OH is 1. The predicted octanol–water partition coefficient (Wildman–Crippen LogP) is 0.941. The zero-order valence-corrected chi connectivity index (χ0v) is 11.8. The van der Waals surface area contributed by atoms with Crippen molar-refractivity contribution in [1.82, 2.24) is 10.2 Å². The first-order valence-corrected chi connectivity index (χ1v) is 7.00. The summed E-state index contributed by atoms with van der Waals surface area (Å²) in [6.45, 7) is 2.12. The van der Waals surface area contributed by atoms with Gasteiger partial charge in [0.1, 0.15) is 12.4 Å². The minimum absolute atomic E-state index is 0.128. The van der Waals surface area contributed by atoms with Crippen LogP contribution in [-0.4, -0.2) is 49.3 Å². The monoisotopic (exact) mass is 278 g/mol. The molecule has 1 aromatic rings. The van der Waals surface area contributed by atoms with Gasteiger partial charge in [-0.3, -0.25) is 9.69 Å². The first-order valence-electron chi connectivity index (χ1n) is 7.00. The molecule has 0 radical (unpaired) electrons. The van der Waals surface area contributed by atoms with Gasteiger partial charge in [-0.25, -0.2) is 0 Å². The highest BCUT2D eigenvalue weighted by Crippen LogP contribution is 2.27. The van der Waals surface area contributed by atoms with Crippen LogP contribution >= 0.6 is 0 Å². The molecule has 5 heteroatoms. The van der Waals surface area contributed by atoms with Gasteiger partial charge < -0.3 is 15.2 Å². The zero-order chi connectivity index (χ0) is 14.4. The third-order valence-corrected chi connectivity index (χ3v) is 3.70. The number of benzene rings is 1. The van der Waals surface area contributed by atoms with E-state index in [1.165, 1.54) is 12.8 Å². The average Bonchev–Trinajstić information content (AvgIpc) is 3.01. The van der Waals surface area contributed by atoms with Crippen LogP contribution in [0.3, 0.4) is 0 Å². The lowest BCUT2D eigenvalue weighted by atomic mass is 10.0. The van der Waals surface area contributed by atoms with Gasteiger partial charge in [0.15, 0.2) is 0 Å². The maximum Gasteiger partial charge on any atom is 0.245 e. The zero-order valence-electron chi connectivity index (χ0n) is 11.8. The summed E-state index contributed by atoms with van der Waals surface area (Å²) in [7, 11) is 1.65. The third kappa shape index (κ3) is 3.71. The van der Waals surface area contributed by atoms with Gasteiger partial charge >= 0.3 is 0 Å². The van der Waals surface area contributed by atoms with E-state index in [4.69, 9.17) is 9.84 Å². The Labute approximate surface area is 119 Å². The minimum atomic E-state index is -0.467. The van der Waals surface area contributed by atoms with Gasteiger partial charge in [0.2, 0.25) is 5.91 Å². The smallest absolute Gasteiger partial charge is 0.245 e. The third-order valence-electron chi connectivity index (χ3n) is 3.70. The Balaban J connectivity index is 2.13. The fourth-order valence-corrected chi connectivity index (χ4v) is 2.63. The molecular formula is C15H22N2O3. The number of nitrogens with zero attached hydrogens (tertiary/aromatic N) is 1. The van der Waals surface area contributed by atoms with Crippen molar-refractivity contribution >= 4 is 5.91 Å². The normalized spacial score (nSPS) is 16.9. The van der Waals surface area contributed by atoms with Crippen molar-refractivity contribution in [2.24, 2.45) is 0 Å². The Morgan fingerprint density at radius 1 is 1.45 bits per heavy atom. The van der Waals surface area contributed by atoms with Crippen LogP contribution in [0.15, 0.2) is 24.3 Å². The summed E-state index contributed by atoms with van der Waals surface area (Å²) in [6, 6.07) is 8.07. The van der Waals surface area contributed by atoms with Crippen LogP contribution in [-0.2, 0) is 4.79 Å². The molecule has 1 aliphatic heterocycles. The second-order valence-corrected chi connectivity index (χ2v) is 5.00. The van der Waals surface area contributed by atoms with Crippen LogP contribution in [0.5, 0.6) is 5.75 Å². The molecule has 1 aliphatic rings. The van der Waals surface area contributed by atoms with Crippen molar-refractivity contribution in [3.05, 3.63) is 29.8 Å². The summed E-state index contributed by atoms with van der Waals surface area (Å²) in [5.74, 6) is 0.484. The van der Waals surface area contributed by atoms with Crippen molar-refractivity contribution < 1.29 is 14.6 Å². The van der Waals surface area contributed by atoms with Crippen LogP contribution in [0.25, 0.3) is 0 Å². The maximum absolute atomic E-state index is 11.3. The molecule has 1 aromatic carbocycles. The fraction of sp³-hybridized carbons (Fsp3) is 0.533.